The van der Waals surface area contributed by atoms with E-state index in [0.717, 1.165) is 32.7 Å². The van der Waals surface area contributed by atoms with Crippen LogP contribution in [0.3, 0.4) is 0 Å². The second kappa shape index (κ2) is 7.20. The molecule has 0 aromatic rings. The van der Waals surface area contributed by atoms with Gasteiger partial charge in [-0.25, -0.2) is 0 Å². The monoisotopic (exact) mass is 215 g/mol. The molecule has 2 atom stereocenters. The molecule has 3 nitrogen and oxygen atoms in total. The Balaban J connectivity index is 2.03. The number of nitrogens with one attached hydrogen (secondary N) is 1. The molecular formula is C12H25NO2. The Labute approximate surface area is 93.5 Å². The third-order valence-electron chi connectivity index (χ3n) is 2.63. The fourth-order valence-corrected chi connectivity index (χ4v) is 1.84. The van der Waals surface area contributed by atoms with Crippen molar-refractivity contribution in [1.29, 1.82) is 0 Å². The van der Waals surface area contributed by atoms with E-state index in [1.807, 2.05) is 6.92 Å². The molecule has 0 amide bonds. The highest BCUT2D eigenvalue weighted by atomic mass is 16.5. The van der Waals surface area contributed by atoms with Gasteiger partial charge in [0.25, 0.3) is 0 Å². The number of ether oxygens (including phenoxy) is 2. The molecule has 1 heterocycles. The summed E-state index contributed by atoms with van der Waals surface area (Å²) < 4.78 is 11.2. The number of hydrogen-bond acceptors (Lipinski definition) is 3. The Hall–Kier alpha value is -0.120. The fourth-order valence-electron chi connectivity index (χ4n) is 1.84. The van der Waals surface area contributed by atoms with Gasteiger partial charge in [0, 0.05) is 13.2 Å². The van der Waals surface area contributed by atoms with Gasteiger partial charge in [-0.05, 0) is 32.2 Å². The molecule has 1 aliphatic heterocycles. The van der Waals surface area contributed by atoms with Crippen LogP contribution < -0.4 is 5.32 Å². The lowest BCUT2D eigenvalue weighted by molar-refractivity contribution is -0.0114. The second-order valence-electron chi connectivity index (χ2n) is 4.67. The van der Waals surface area contributed by atoms with E-state index in [0.29, 0.717) is 18.1 Å². The van der Waals surface area contributed by atoms with Gasteiger partial charge in [-0.2, -0.15) is 0 Å². The Morgan fingerprint density at radius 3 is 2.73 bits per heavy atom. The molecule has 0 aliphatic carbocycles. The average Bonchev–Trinajstić information content (AvgIpc) is 2.62. The summed E-state index contributed by atoms with van der Waals surface area (Å²) >= 11 is 0. The maximum absolute atomic E-state index is 5.86. The Morgan fingerprint density at radius 2 is 2.07 bits per heavy atom. The largest absolute Gasteiger partial charge is 0.379 e. The van der Waals surface area contributed by atoms with Crippen molar-refractivity contribution in [3.63, 3.8) is 0 Å². The van der Waals surface area contributed by atoms with Gasteiger partial charge in [-0.15, -0.1) is 0 Å². The lowest BCUT2D eigenvalue weighted by Crippen LogP contribution is -2.30. The summed E-state index contributed by atoms with van der Waals surface area (Å²) in [6.45, 7) is 10.1. The van der Waals surface area contributed by atoms with Gasteiger partial charge in [0.1, 0.15) is 0 Å². The number of hydrogen-bond donors (Lipinski definition) is 1. The zero-order valence-corrected chi connectivity index (χ0v) is 10.3. The van der Waals surface area contributed by atoms with E-state index < -0.39 is 0 Å². The minimum absolute atomic E-state index is 0.329. The third kappa shape index (κ3) is 5.50. The molecule has 15 heavy (non-hydrogen) atoms. The van der Waals surface area contributed by atoms with Crippen molar-refractivity contribution in [3.05, 3.63) is 0 Å². The van der Waals surface area contributed by atoms with E-state index in [1.54, 1.807) is 0 Å². The summed E-state index contributed by atoms with van der Waals surface area (Å²) in [6, 6.07) is 0. The summed E-state index contributed by atoms with van der Waals surface area (Å²) in [6.07, 6.45) is 3.04. The predicted octanol–water partition coefficient (Wildman–Crippen LogP) is 1.82. The minimum atomic E-state index is 0.329. The number of rotatable bonds is 7. The SMILES string of the molecule is CCOCC1CCC(CNCC(C)C)O1. The average molecular weight is 215 g/mol. The van der Waals surface area contributed by atoms with Crippen molar-refractivity contribution in [2.75, 3.05) is 26.3 Å². The van der Waals surface area contributed by atoms with E-state index in [-0.39, 0.29) is 0 Å². The van der Waals surface area contributed by atoms with E-state index >= 15 is 0 Å². The smallest absolute Gasteiger partial charge is 0.0813 e. The third-order valence-corrected chi connectivity index (χ3v) is 2.63. The first-order chi connectivity index (χ1) is 7.22. The first-order valence-corrected chi connectivity index (χ1v) is 6.16. The summed E-state index contributed by atoms with van der Waals surface area (Å²) in [7, 11) is 0. The summed E-state index contributed by atoms with van der Waals surface area (Å²) in [5, 5.41) is 3.44. The van der Waals surface area contributed by atoms with Gasteiger partial charge in [0.2, 0.25) is 0 Å². The zero-order valence-electron chi connectivity index (χ0n) is 10.3. The van der Waals surface area contributed by atoms with Gasteiger partial charge in [-0.3, -0.25) is 0 Å². The van der Waals surface area contributed by atoms with Crippen LogP contribution in [-0.2, 0) is 9.47 Å². The van der Waals surface area contributed by atoms with Crippen molar-refractivity contribution < 1.29 is 9.47 Å². The van der Waals surface area contributed by atoms with Crippen LogP contribution >= 0.6 is 0 Å². The van der Waals surface area contributed by atoms with Crippen LogP contribution in [0.25, 0.3) is 0 Å². The van der Waals surface area contributed by atoms with Gasteiger partial charge < -0.3 is 14.8 Å². The normalized spacial score (nSPS) is 26.4. The van der Waals surface area contributed by atoms with Gasteiger partial charge >= 0.3 is 0 Å². The van der Waals surface area contributed by atoms with Crippen molar-refractivity contribution in [1.82, 2.24) is 5.32 Å². The fraction of sp³-hybridized carbons (Fsp3) is 1.00. The predicted molar refractivity (Wildman–Crippen MR) is 62.1 cm³/mol. The lowest BCUT2D eigenvalue weighted by atomic mass is 10.2. The molecule has 0 aromatic heterocycles. The van der Waals surface area contributed by atoms with Crippen LogP contribution in [0.5, 0.6) is 0 Å². The van der Waals surface area contributed by atoms with Crippen LogP contribution in [0.15, 0.2) is 0 Å². The molecule has 0 saturated carbocycles. The van der Waals surface area contributed by atoms with Crippen LogP contribution in [0, 0.1) is 5.92 Å². The molecule has 90 valence electrons. The molecule has 1 saturated heterocycles. The molecule has 3 heteroatoms. The highest BCUT2D eigenvalue weighted by Gasteiger charge is 2.24. The van der Waals surface area contributed by atoms with E-state index in [9.17, 15) is 0 Å². The first-order valence-electron chi connectivity index (χ1n) is 6.16. The molecule has 0 bridgehead atoms. The van der Waals surface area contributed by atoms with Crippen LogP contribution in [0.2, 0.25) is 0 Å². The molecule has 0 spiro atoms. The van der Waals surface area contributed by atoms with Crippen molar-refractivity contribution in [3.8, 4) is 0 Å². The van der Waals surface area contributed by atoms with Gasteiger partial charge in [0.15, 0.2) is 0 Å². The molecule has 1 fully saturated rings. The Bertz CT molecular complexity index is 162. The lowest BCUT2D eigenvalue weighted by Gasteiger charge is -2.15. The highest BCUT2D eigenvalue weighted by molar-refractivity contribution is 4.75. The maximum atomic E-state index is 5.86. The molecule has 0 radical (unpaired) electrons. The second-order valence-corrected chi connectivity index (χ2v) is 4.67. The molecular weight excluding hydrogens is 190 g/mol. The summed E-state index contributed by atoms with van der Waals surface area (Å²) in [5.41, 5.74) is 0. The van der Waals surface area contributed by atoms with Crippen molar-refractivity contribution in [2.24, 2.45) is 5.92 Å². The topological polar surface area (TPSA) is 30.5 Å². The van der Waals surface area contributed by atoms with Crippen LogP contribution in [0.1, 0.15) is 33.6 Å². The molecule has 1 rings (SSSR count). The van der Waals surface area contributed by atoms with Crippen LogP contribution in [0.4, 0.5) is 0 Å². The van der Waals surface area contributed by atoms with Gasteiger partial charge in [0.05, 0.1) is 18.8 Å². The van der Waals surface area contributed by atoms with Crippen molar-refractivity contribution in [2.45, 2.75) is 45.8 Å². The molecule has 1 aliphatic rings. The zero-order chi connectivity index (χ0) is 11.1. The van der Waals surface area contributed by atoms with E-state index in [1.165, 1.54) is 6.42 Å². The minimum Gasteiger partial charge on any atom is -0.379 e. The summed E-state index contributed by atoms with van der Waals surface area (Å²) in [4.78, 5) is 0. The molecule has 1 N–H and O–H groups in total. The first kappa shape index (κ1) is 12.9. The quantitative estimate of drug-likeness (QED) is 0.702. The Kier molecular flexibility index (Phi) is 6.22. The van der Waals surface area contributed by atoms with E-state index in [4.69, 9.17) is 9.47 Å². The van der Waals surface area contributed by atoms with E-state index in [2.05, 4.69) is 19.2 Å². The molecule has 2 unspecified atom stereocenters. The standard InChI is InChI=1S/C12H25NO2/c1-4-14-9-12-6-5-11(15-12)8-13-7-10(2)3/h10-13H,4-9H2,1-3H3. The molecule has 0 aromatic carbocycles. The van der Waals surface area contributed by atoms with Crippen molar-refractivity contribution >= 4 is 0 Å². The van der Waals surface area contributed by atoms with Crippen LogP contribution in [-0.4, -0.2) is 38.5 Å². The Morgan fingerprint density at radius 1 is 1.33 bits per heavy atom. The maximum Gasteiger partial charge on any atom is 0.0813 e. The summed E-state index contributed by atoms with van der Waals surface area (Å²) in [5.74, 6) is 0.714. The van der Waals surface area contributed by atoms with Gasteiger partial charge in [-0.1, -0.05) is 13.8 Å². The highest BCUT2D eigenvalue weighted by Crippen LogP contribution is 2.19.